The van der Waals surface area contributed by atoms with Crippen LogP contribution in [0.3, 0.4) is 0 Å². The van der Waals surface area contributed by atoms with Crippen LogP contribution in [-0.4, -0.2) is 57.4 Å². The Balaban J connectivity index is 2.59. The molecule has 5 nitrogen and oxygen atoms in total. The normalized spacial score (nSPS) is 19.5. The molecule has 1 rings (SSSR count). The van der Waals surface area contributed by atoms with E-state index in [9.17, 15) is 8.42 Å². The zero-order valence-electron chi connectivity index (χ0n) is 12.3. The van der Waals surface area contributed by atoms with Crippen molar-refractivity contribution in [2.75, 3.05) is 33.4 Å². The van der Waals surface area contributed by atoms with Crippen LogP contribution in [0.15, 0.2) is 11.6 Å². The molecular formula is C13H26N2O3S. The lowest BCUT2D eigenvalue weighted by atomic mass is 10.1. The Kier molecular flexibility index (Phi) is 6.46. The number of nitrogens with one attached hydrogen (secondary N) is 1. The van der Waals surface area contributed by atoms with Gasteiger partial charge in [0.05, 0.1) is 11.9 Å². The summed E-state index contributed by atoms with van der Waals surface area (Å²) < 4.78 is 31.4. The molecule has 0 fully saturated rings. The molecule has 6 heteroatoms. The van der Waals surface area contributed by atoms with Gasteiger partial charge in [0.2, 0.25) is 10.0 Å². The third-order valence-corrected chi connectivity index (χ3v) is 5.51. The van der Waals surface area contributed by atoms with Gasteiger partial charge in [0.25, 0.3) is 0 Å². The smallest absolute Gasteiger partial charge is 0.218 e. The first-order valence-electron chi connectivity index (χ1n) is 6.77. The fourth-order valence-corrected chi connectivity index (χ4v) is 3.45. The van der Waals surface area contributed by atoms with E-state index in [1.807, 2.05) is 19.9 Å². The van der Waals surface area contributed by atoms with Crippen LogP contribution in [0.5, 0.6) is 0 Å². The number of ether oxygens (including phenoxy) is 1. The summed E-state index contributed by atoms with van der Waals surface area (Å²) in [5, 5.41) is 2.78. The fraction of sp³-hybridized carbons (Fsp3) is 0.846. The molecule has 0 aromatic rings. The molecule has 112 valence electrons. The lowest BCUT2D eigenvalue weighted by Crippen LogP contribution is -2.44. The number of methoxy groups -OCH3 is 1. The summed E-state index contributed by atoms with van der Waals surface area (Å²) in [5.41, 5.74) is 1.18. The van der Waals surface area contributed by atoms with Gasteiger partial charge < -0.3 is 10.1 Å². The highest BCUT2D eigenvalue weighted by molar-refractivity contribution is 7.89. The van der Waals surface area contributed by atoms with Gasteiger partial charge >= 0.3 is 0 Å². The van der Waals surface area contributed by atoms with Gasteiger partial charge in [-0.25, -0.2) is 8.42 Å². The topological polar surface area (TPSA) is 58.6 Å². The van der Waals surface area contributed by atoms with Crippen molar-refractivity contribution in [1.29, 1.82) is 0 Å². The Bertz CT molecular complexity index is 404. The maximum Gasteiger partial charge on any atom is 0.218 e. The van der Waals surface area contributed by atoms with Gasteiger partial charge in [-0.2, -0.15) is 4.31 Å². The number of hydrogen-bond donors (Lipinski definition) is 1. The van der Waals surface area contributed by atoms with Crippen molar-refractivity contribution in [3.8, 4) is 0 Å². The van der Waals surface area contributed by atoms with Crippen LogP contribution in [0.1, 0.15) is 27.2 Å². The third kappa shape index (κ3) is 4.87. The van der Waals surface area contributed by atoms with E-state index in [4.69, 9.17) is 4.74 Å². The fourth-order valence-electron chi connectivity index (χ4n) is 2.00. The summed E-state index contributed by atoms with van der Waals surface area (Å²) in [6.07, 6.45) is 2.73. The van der Waals surface area contributed by atoms with Gasteiger partial charge in [-0.3, -0.25) is 0 Å². The second kappa shape index (κ2) is 7.38. The third-order valence-electron chi connectivity index (χ3n) is 3.28. The monoisotopic (exact) mass is 290 g/mol. The molecule has 1 heterocycles. The molecule has 0 aromatic carbocycles. The van der Waals surface area contributed by atoms with Crippen LogP contribution in [0, 0.1) is 0 Å². The molecule has 0 amide bonds. The first-order valence-corrected chi connectivity index (χ1v) is 8.27. The highest BCUT2D eigenvalue weighted by atomic mass is 32.2. The summed E-state index contributed by atoms with van der Waals surface area (Å²) >= 11 is 0. The predicted molar refractivity (Wildman–Crippen MR) is 77.7 cm³/mol. The second-order valence-corrected chi connectivity index (χ2v) is 7.67. The molecule has 1 N–H and O–H groups in total. The molecule has 1 unspecified atom stereocenters. The lowest BCUT2D eigenvalue weighted by Gasteiger charge is -2.28. The quantitative estimate of drug-likeness (QED) is 0.710. The Hall–Kier alpha value is -0.430. The summed E-state index contributed by atoms with van der Waals surface area (Å²) in [4.78, 5) is 0. The maximum absolute atomic E-state index is 12.4. The van der Waals surface area contributed by atoms with Gasteiger partial charge in [0.15, 0.2) is 0 Å². The van der Waals surface area contributed by atoms with Crippen molar-refractivity contribution in [3.05, 3.63) is 11.6 Å². The molecule has 0 spiro atoms. The molecule has 0 saturated heterocycles. The van der Waals surface area contributed by atoms with Crippen molar-refractivity contribution >= 4 is 10.0 Å². The minimum Gasteiger partial charge on any atom is -0.380 e. The molecule has 0 radical (unpaired) electrons. The Morgan fingerprint density at radius 1 is 1.42 bits per heavy atom. The van der Waals surface area contributed by atoms with Crippen LogP contribution in [-0.2, 0) is 14.8 Å². The average molecular weight is 290 g/mol. The van der Waals surface area contributed by atoms with Gasteiger partial charge in [0, 0.05) is 32.8 Å². The molecule has 0 saturated carbocycles. The summed E-state index contributed by atoms with van der Waals surface area (Å²) in [5.74, 6) is 0. The van der Waals surface area contributed by atoms with Crippen molar-refractivity contribution < 1.29 is 13.2 Å². The van der Waals surface area contributed by atoms with Gasteiger partial charge in [-0.05, 0) is 18.9 Å². The molecule has 0 aliphatic carbocycles. The molecule has 0 aromatic heterocycles. The minimum atomic E-state index is -3.21. The van der Waals surface area contributed by atoms with Crippen molar-refractivity contribution in [2.45, 2.75) is 38.5 Å². The Morgan fingerprint density at radius 3 is 2.58 bits per heavy atom. The molecular weight excluding hydrogens is 264 g/mol. The standard InChI is InChI=1S/C13H26N2O3S/c1-11(2)14-9-12(3)19(16,17)15-7-5-13(6-8-15)10-18-4/h5,11-12,14H,6-10H2,1-4H3. The highest BCUT2D eigenvalue weighted by Gasteiger charge is 2.29. The van der Waals surface area contributed by atoms with E-state index in [-0.39, 0.29) is 0 Å². The summed E-state index contributed by atoms with van der Waals surface area (Å²) in [6, 6.07) is 0.298. The number of sulfonamides is 1. The Labute approximate surface area is 117 Å². The zero-order valence-corrected chi connectivity index (χ0v) is 13.2. The number of nitrogens with zero attached hydrogens (tertiary/aromatic N) is 1. The van der Waals surface area contributed by atoms with E-state index in [1.165, 1.54) is 5.57 Å². The summed E-state index contributed by atoms with van der Waals surface area (Å²) in [6.45, 7) is 7.90. The van der Waals surface area contributed by atoms with Crippen LogP contribution < -0.4 is 5.32 Å². The largest absolute Gasteiger partial charge is 0.380 e. The summed E-state index contributed by atoms with van der Waals surface area (Å²) in [7, 11) is -1.55. The zero-order chi connectivity index (χ0) is 14.5. The maximum atomic E-state index is 12.4. The van der Waals surface area contributed by atoms with Gasteiger partial charge in [-0.15, -0.1) is 0 Å². The number of rotatable bonds is 7. The van der Waals surface area contributed by atoms with Crippen LogP contribution in [0.4, 0.5) is 0 Å². The van der Waals surface area contributed by atoms with E-state index in [0.717, 1.165) is 6.42 Å². The van der Waals surface area contributed by atoms with E-state index < -0.39 is 15.3 Å². The van der Waals surface area contributed by atoms with Gasteiger partial charge in [0.1, 0.15) is 0 Å². The minimum absolute atomic E-state index is 0.298. The molecule has 0 bridgehead atoms. The average Bonchev–Trinajstić information content (AvgIpc) is 2.36. The molecule has 1 aliphatic heterocycles. The van der Waals surface area contributed by atoms with E-state index in [0.29, 0.717) is 32.3 Å². The van der Waals surface area contributed by atoms with E-state index in [2.05, 4.69) is 5.32 Å². The first kappa shape index (κ1) is 16.6. The predicted octanol–water partition coefficient (Wildman–Crippen LogP) is 0.981. The molecule has 19 heavy (non-hydrogen) atoms. The van der Waals surface area contributed by atoms with Crippen LogP contribution in [0.25, 0.3) is 0 Å². The lowest BCUT2D eigenvalue weighted by molar-refractivity contribution is 0.219. The first-order chi connectivity index (χ1) is 8.87. The Morgan fingerprint density at radius 2 is 2.11 bits per heavy atom. The van der Waals surface area contributed by atoms with Crippen molar-refractivity contribution in [2.24, 2.45) is 0 Å². The van der Waals surface area contributed by atoms with Crippen LogP contribution in [0.2, 0.25) is 0 Å². The number of hydrogen-bond acceptors (Lipinski definition) is 4. The van der Waals surface area contributed by atoms with Crippen molar-refractivity contribution in [3.63, 3.8) is 0 Å². The highest BCUT2D eigenvalue weighted by Crippen LogP contribution is 2.17. The second-order valence-electron chi connectivity index (χ2n) is 5.32. The SMILES string of the molecule is COCC1=CCN(S(=O)(=O)C(C)CNC(C)C)CC1. The van der Waals surface area contributed by atoms with Gasteiger partial charge in [-0.1, -0.05) is 19.9 Å². The van der Waals surface area contributed by atoms with Crippen LogP contribution >= 0.6 is 0 Å². The van der Waals surface area contributed by atoms with E-state index in [1.54, 1.807) is 18.3 Å². The van der Waals surface area contributed by atoms with Crippen molar-refractivity contribution in [1.82, 2.24) is 9.62 Å². The van der Waals surface area contributed by atoms with E-state index >= 15 is 0 Å². The molecule has 1 aliphatic rings. The molecule has 1 atom stereocenters.